The Hall–Kier alpha value is -3.15. The molecule has 1 aliphatic carbocycles. The number of H-pyrrole nitrogens is 1. The molecule has 3 atom stereocenters. The number of benzene rings is 2. The number of fused-ring (bicyclic) bond motifs is 2. The summed E-state index contributed by atoms with van der Waals surface area (Å²) >= 11 is 0. The first-order valence-corrected chi connectivity index (χ1v) is 9.03. The summed E-state index contributed by atoms with van der Waals surface area (Å²) in [7, 11) is 0. The molecule has 5 rings (SSSR count). The predicted octanol–water partition coefficient (Wildman–Crippen LogP) is 4.43. The smallest absolute Gasteiger partial charge is 0.224 e. The summed E-state index contributed by atoms with van der Waals surface area (Å²) in [4.78, 5) is 20.5. The van der Waals surface area contributed by atoms with Crippen LogP contribution in [-0.4, -0.2) is 15.9 Å². The predicted molar refractivity (Wildman–Crippen MR) is 99.7 cm³/mol. The highest BCUT2D eigenvalue weighted by Crippen LogP contribution is 2.47. The van der Waals surface area contributed by atoms with E-state index >= 15 is 0 Å². The van der Waals surface area contributed by atoms with Crippen molar-refractivity contribution < 1.29 is 13.6 Å². The van der Waals surface area contributed by atoms with E-state index in [1.54, 1.807) is 18.2 Å². The van der Waals surface area contributed by atoms with Crippen molar-refractivity contribution >= 4 is 27.9 Å². The van der Waals surface area contributed by atoms with Crippen molar-refractivity contribution in [2.75, 3.05) is 0 Å². The van der Waals surface area contributed by atoms with Gasteiger partial charge in [0.15, 0.2) is 11.4 Å². The Balaban J connectivity index is 1.29. The molecule has 1 unspecified atom stereocenters. The van der Waals surface area contributed by atoms with Gasteiger partial charge >= 0.3 is 0 Å². The van der Waals surface area contributed by atoms with Gasteiger partial charge in [-0.3, -0.25) is 4.79 Å². The van der Waals surface area contributed by atoms with E-state index in [2.05, 4.69) is 15.3 Å². The van der Waals surface area contributed by atoms with Crippen molar-refractivity contribution in [3.8, 4) is 0 Å². The second kappa shape index (κ2) is 5.94. The monoisotopic (exact) mass is 363 g/mol. The standard InChI is InChI=1S/C21H18FN3O2/c1-11(18-9-12-5-4-6-15(22)19(12)27-18)23-21(26)14-10-13(14)20-24-16-7-2-3-8-17(16)25-20/h2-9,11,13-14H,10H2,1H3,(H,23,26)(H,24,25)/t11-,13+,14?/m1/s1. The van der Waals surface area contributed by atoms with E-state index in [-0.39, 0.29) is 29.4 Å². The average molecular weight is 363 g/mol. The highest BCUT2D eigenvalue weighted by molar-refractivity contribution is 5.84. The van der Waals surface area contributed by atoms with Crippen LogP contribution in [0.2, 0.25) is 0 Å². The molecule has 2 N–H and O–H groups in total. The molecule has 1 amide bonds. The van der Waals surface area contributed by atoms with Crippen LogP contribution in [-0.2, 0) is 4.79 Å². The summed E-state index contributed by atoms with van der Waals surface area (Å²) in [6.07, 6.45) is 0.771. The Morgan fingerprint density at radius 1 is 1.30 bits per heavy atom. The normalized spacial score (nSPS) is 20.1. The molecule has 0 saturated heterocycles. The summed E-state index contributed by atoms with van der Waals surface area (Å²) in [5.74, 6) is 0.976. The molecule has 1 aliphatic rings. The van der Waals surface area contributed by atoms with E-state index in [1.165, 1.54) is 6.07 Å². The minimum Gasteiger partial charge on any atom is -0.456 e. The molecular weight excluding hydrogens is 345 g/mol. The third kappa shape index (κ3) is 2.77. The number of hydrogen-bond donors (Lipinski definition) is 2. The first-order chi connectivity index (χ1) is 13.1. The molecule has 2 aromatic carbocycles. The van der Waals surface area contributed by atoms with Crippen LogP contribution in [0.3, 0.4) is 0 Å². The lowest BCUT2D eigenvalue weighted by molar-refractivity contribution is -0.123. The van der Waals surface area contributed by atoms with Gasteiger partial charge in [0.05, 0.1) is 17.1 Å². The number of imidazole rings is 1. The fourth-order valence-corrected chi connectivity index (χ4v) is 3.59. The second-order valence-electron chi connectivity index (χ2n) is 7.13. The number of aromatic nitrogens is 2. The molecule has 5 nitrogen and oxygen atoms in total. The van der Waals surface area contributed by atoms with E-state index in [0.717, 1.165) is 23.3 Å². The highest BCUT2D eigenvalue weighted by atomic mass is 19.1. The Morgan fingerprint density at radius 2 is 2.15 bits per heavy atom. The minimum atomic E-state index is -0.399. The van der Waals surface area contributed by atoms with Crippen molar-refractivity contribution in [2.45, 2.75) is 25.3 Å². The van der Waals surface area contributed by atoms with E-state index in [1.807, 2.05) is 31.2 Å². The summed E-state index contributed by atoms with van der Waals surface area (Å²) < 4.78 is 19.4. The molecule has 0 aliphatic heterocycles. The molecule has 2 aromatic heterocycles. The van der Waals surface area contributed by atoms with E-state index in [4.69, 9.17) is 4.42 Å². The molecule has 2 heterocycles. The zero-order valence-electron chi connectivity index (χ0n) is 14.7. The topological polar surface area (TPSA) is 70.9 Å². The van der Waals surface area contributed by atoms with E-state index in [9.17, 15) is 9.18 Å². The van der Waals surface area contributed by atoms with Gasteiger partial charge < -0.3 is 14.7 Å². The van der Waals surface area contributed by atoms with Crippen LogP contribution in [0, 0.1) is 11.7 Å². The third-order valence-electron chi connectivity index (χ3n) is 5.19. The maximum absolute atomic E-state index is 13.8. The summed E-state index contributed by atoms with van der Waals surface area (Å²) in [5, 5.41) is 3.67. The Morgan fingerprint density at radius 3 is 2.96 bits per heavy atom. The van der Waals surface area contributed by atoms with E-state index in [0.29, 0.717) is 11.1 Å². The molecule has 0 radical (unpaired) electrons. The van der Waals surface area contributed by atoms with Gasteiger partial charge in [-0.15, -0.1) is 0 Å². The lowest BCUT2D eigenvalue weighted by Crippen LogP contribution is -2.28. The number of halogens is 1. The maximum atomic E-state index is 13.8. The summed E-state index contributed by atoms with van der Waals surface area (Å²) in [6.45, 7) is 1.84. The number of furan rings is 1. The van der Waals surface area contributed by atoms with Crippen molar-refractivity contribution in [3.63, 3.8) is 0 Å². The fourth-order valence-electron chi connectivity index (χ4n) is 3.59. The molecule has 0 bridgehead atoms. The largest absolute Gasteiger partial charge is 0.456 e. The number of nitrogens with one attached hydrogen (secondary N) is 2. The van der Waals surface area contributed by atoms with Gasteiger partial charge in [0.25, 0.3) is 0 Å². The lowest BCUT2D eigenvalue weighted by atomic mass is 10.2. The molecule has 4 aromatic rings. The average Bonchev–Trinajstić information content (AvgIpc) is 3.14. The van der Waals surface area contributed by atoms with Crippen LogP contribution in [0.5, 0.6) is 0 Å². The fraction of sp³-hybridized carbons (Fsp3) is 0.238. The van der Waals surface area contributed by atoms with Crippen molar-refractivity contribution in [2.24, 2.45) is 5.92 Å². The van der Waals surface area contributed by atoms with Crippen molar-refractivity contribution in [1.82, 2.24) is 15.3 Å². The molecular formula is C21H18FN3O2. The molecule has 0 spiro atoms. The van der Waals surface area contributed by atoms with Gasteiger partial charge in [-0.2, -0.15) is 0 Å². The SMILES string of the molecule is C[C@@H](NC(=O)C1C[C@@H]1c1nc2ccccc2[nH]1)c1cc2cccc(F)c2o1. The molecule has 6 heteroatoms. The first kappa shape index (κ1) is 16.1. The van der Waals surface area contributed by atoms with Gasteiger partial charge in [0.2, 0.25) is 5.91 Å². The minimum absolute atomic E-state index is 0.0334. The zero-order valence-corrected chi connectivity index (χ0v) is 14.7. The van der Waals surface area contributed by atoms with Crippen LogP contribution in [0.4, 0.5) is 4.39 Å². The van der Waals surface area contributed by atoms with Gasteiger partial charge in [-0.1, -0.05) is 24.3 Å². The van der Waals surface area contributed by atoms with Gasteiger partial charge in [-0.05, 0) is 37.6 Å². The van der Waals surface area contributed by atoms with E-state index < -0.39 is 5.82 Å². The highest BCUT2D eigenvalue weighted by Gasteiger charge is 2.46. The molecule has 1 saturated carbocycles. The van der Waals surface area contributed by atoms with Crippen LogP contribution >= 0.6 is 0 Å². The number of aromatic amines is 1. The van der Waals surface area contributed by atoms with Gasteiger partial charge in [-0.25, -0.2) is 9.37 Å². The Bertz CT molecular complexity index is 1130. The van der Waals surface area contributed by atoms with Gasteiger partial charge in [0, 0.05) is 17.2 Å². The molecule has 1 fully saturated rings. The third-order valence-corrected chi connectivity index (χ3v) is 5.19. The molecule has 136 valence electrons. The molecule has 27 heavy (non-hydrogen) atoms. The Labute approximate surface area is 154 Å². The quantitative estimate of drug-likeness (QED) is 0.563. The van der Waals surface area contributed by atoms with Crippen LogP contribution in [0.1, 0.15) is 36.9 Å². The first-order valence-electron chi connectivity index (χ1n) is 9.03. The number of carbonyl (C=O) groups is 1. The maximum Gasteiger partial charge on any atom is 0.224 e. The number of amides is 1. The van der Waals surface area contributed by atoms with Crippen LogP contribution in [0.15, 0.2) is 52.9 Å². The van der Waals surface area contributed by atoms with Crippen LogP contribution in [0.25, 0.3) is 22.0 Å². The number of para-hydroxylation sites is 3. The van der Waals surface area contributed by atoms with Gasteiger partial charge in [0.1, 0.15) is 11.6 Å². The Kier molecular flexibility index (Phi) is 3.53. The zero-order chi connectivity index (χ0) is 18.5. The number of nitrogens with zero attached hydrogens (tertiary/aromatic N) is 1. The summed E-state index contributed by atoms with van der Waals surface area (Å²) in [6, 6.07) is 14.1. The second-order valence-corrected chi connectivity index (χ2v) is 7.13. The number of carbonyl (C=O) groups excluding carboxylic acids is 1. The van der Waals surface area contributed by atoms with Crippen molar-refractivity contribution in [1.29, 1.82) is 0 Å². The lowest BCUT2D eigenvalue weighted by Gasteiger charge is -2.11. The number of rotatable bonds is 4. The van der Waals surface area contributed by atoms with Crippen molar-refractivity contribution in [3.05, 3.63) is 65.9 Å². The van der Waals surface area contributed by atoms with Crippen LogP contribution < -0.4 is 5.32 Å². The number of hydrogen-bond acceptors (Lipinski definition) is 3. The summed E-state index contributed by atoms with van der Waals surface area (Å²) in [5.41, 5.74) is 2.12.